The summed E-state index contributed by atoms with van der Waals surface area (Å²) in [4.78, 5) is 2.62. The summed E-state index contributed by atoms with van der Waals surface area (Å²) in [5, 5.41) is 3.40. The number of nitrogens with one attached hydrogen (secondary N) is 1. The van der Waals surface area contributed by atoms with Crippen molar-refractivity contribution >= 4 is 0 Å². The van der Waals surface area contributed by atoms with E-state index in [1.165, 1.54) is 37.1 Å². The van der Waals surface area contributed by atoms with Gasteiger partial charge < -0.3 is 5.32 Å². The zero-order chi connectivity index (χ0) is 15.3. The second-order valence-corrected chi connectivity index (χ2v) is 7.52. The zero-order valence-electron chi connectivity index (χ0n) is 14.3. The Balaban J connectivity index is 1.86. The van der Waals surface area contributed by atoms with E-state index in [4.69, 9.17) is 0 Å². The van der Waals surface area contributed by atoms with E-state index >= 15 is 0 Å². The van der Waals surface area contributed by atoms with Crippen LogP contribution in [0, 0.1) is 11.3 Å². The van der Waals surface area contributed by atoms with Crippen LogP contribution in [0.3, 0.4) is 0 Å². The number of benzene rings is 1. The molecule has 1 aromatic rings. The van der Waals surface area contributed by atoms with Crippen LogP contribution in [-0.4, -0.2) is 24.5 Å². The van der Waals surface area contributed by atoms with E-state index in [-0.39, 0.29) is 0 Å². The summed E-state index contributed by atoms with van der Waals surface area (Å²) < 4.78 is 0. The van der Waals surface area contributed by atoms with Gasteiger partial charge in [0.2, 0.25) is 0 Å². The van der Waals surface area contributed by atoms with Gasteiger partial charge in [0.05, 0.1) is 0 Å². The van der Waals surface area contributed by atoms with E-state index in [0.29, 0.717) is 5.41 Å². The van der Waals surface area contributed by atoms with Crippen LogP contribution in [-0.2, 0) is 13.1 Å². The molecule has 1 saturated heterocycles. The Bertz CT molecular complexity index is 425. The molecule has 0 spiro atoms. The molecule has 0 atom stereocenters. The highest BCUT2D eigenvalue weighted by Gasteiger charge is 2.28. The highest BCUT2D eigenvalue weighted by atomic mass is 15.1. The van der Waals surface area contributed by atoms with E-state index in [0.717, 1.165) is 25.6 Å². The Labute approximate surface area is 130 Å². The van der Waals surface area contributed by atoms with Gasteiger partial charge in [0, 0.05) is 13.1 Å². The van der Waals surface area contributed by atoms with Gasteiger partial charge in [-0.15, -0.1) is 0 Å². The minimum atomic E-state index is 0.470. The molecule has 1 N–H and O–H groups in total. The highest BCUT2D eigenvalue weighted by molar-refractivity contribution is 5.23. The first-order valence-electron chi connectivity index (χ1n) is 8.50. The van der Waals surface area contributed by atoms with Crippen molar-refractivity contribution in [3.05, 3.63) is 35.4 Å². The van der Waals surface area contributed by atoms with Crippen molar-refractivity contribution in [3.63, 3.8) is 0 Å². The first kappa shape index (κ1) is 16.5. The van der Waals surface area contributed by atoms with Gasteiger partial charge in [-0.25, -0.2) is 0 Å². The van der Waals surface area contributed by atoms with E-state index in [9.17, 15) is 0 Å². The Morgan fingerprint density at radius 1 is 1.14 bits per heavy atom. The Morgan fingerprint density at radius 2 is 1.81 bits per heavy atom. The summed E-state index contributed by atoms with van der Waals surface area (Å²) >= 11 is 0. The van der Waals surface area contributed by atoms with Crippen molar-refractivity contribution in [3.8, 4) is 0 Å². The third kappa shape index (κ3) is 5.12. The monoisotopic (exact) mass is 288 g/mol. The van der Waals surface area contributed by atoms with Crippen LogP contribution in [0.1, 0.15) is 51.7 Å². The predicted molar refractivity (Wildman–Crippen MR) is 91.3 cm³/mol. The van der Waals surface area contributed by atoms with Crippen molar-refractivity contribution in [2.45, 2.75) is 53.6 Å². The van der Waals surface area contributed by atoms with E-state index in [1.807, 2.05) is 0 Å². The molecule has 0 radical (unpaired) electrons. The number of hydrogen-bond acceptors (Lipinski definition) is 2. The molecular weight excluding hydrogens is 256 g/mol. The molecule has 21 heavy (non-hydrogen) atoms. The Kier molecular flexibility index (Phi) is 5.83. The molecule has 2 rings (SSSR count). The van der Waals surface area contributed by atoms with Gasteiger partial charge in [-0.3, -0.25) is 4.90 Å². The average molecular weight is 288 g/mol. The topological polar surface area (TPSA) is 15.3 Å². The molecule has 118 valence electrons. The van der Waals surface area contributed by atoms with Crippen molar-refractivity contribution < 1.29 is 0 Å². The minimum Gasteiger partial charge on any atom is -0.313 e. The smallest absolute Gasteiger partial charge is 0.0233 e. The maximum atomic E-state index is 3.40. The van der Waals surface area contributed by atoms with Crippen LogP contribution in [0.25, 0.3) is 0 Å². The molecule has 0 saturated carbocycles. The maximum Gasteiger partial charge on any atom is 0.0233 e. The molecule has 1 fully saturated rings. The van der Waals surface area contributed by atoms with Gasteiger partial charge in [0.25, 0.3) is 0 Å². The second kappa shape index (κ2) is 7.42. The van der Waals surface area contributed by atoms with Crippen molar-refractivity contribution in [1.82, 2.24) is 10.2 Å². The van der Waals surface area contributed by atoms with E-state index in [2.05, 4.69) is 62.2 Å². The van der Waals surface area contributed by atoms with Crippen LogP contribution in [0.15, 0.2) is 24.3 Å². The third-order valence-corrected chi connectivity index (χ3v) is 4.79. The molecule has 1 aliphatic heterocycles. The highest BCUT2D eigenvalue weighted by Crippen LogP contribution is 2.34. The van der Waals surface area contributed by atoms with Gasteiger partial charge in [0.1, 0.15) is 0 Å². The second-order valence-electron chi connectivity index (χ2n) is 7.52. The van der Waals surface area contributed by atoms with Crippen molar-refractivity contribution in [2.24, 2.45) is 11.3 Å². The van der Waals surface area contributed by atoms with Gasteiger partial charge in [-0.05, 0) is 54.9 Å². The fourth-order valence-corrected chi connectivity index (χ4v) is 3.32. The molecule has 0 unspecified atom stereocenters. The summed E-state index contributed by atoms with van der Waals surface area (Å²) in [6.45, 7) is 14.9. The summed E-state index contributed by atoms with van der Waals surface area (Å²) in [5.41, 5.74) is 3.33. The summed E-state index contributed by atoms with van der Waals surface area (Å²) in [6, 6.07) is 9.05. The standard InChI is InChI=1S/C19H32N2/c1-5-20-14-16-7-6-8-17(13-16)15-21-11-9-18(10-12-21)19(2,3)4/h6-8,13,18,20H,5,9-12,14-15H2,1-4H3. The molecule has 0 bridgehead atoms. The number of likely N-dealkylation sites (tertiary alicyclic amines) is 1. The Morgan fingerprint density at radius 3 is 2.43 bits per heavy atom. The van der Waals surface area contributed by atoms with Crippen LogP contribution < -0.4 is 5.32 Å². The summed E-state index contributed by atoms with van der Waals surface area (Å²) in [6.07, 6.45) is 2.70. The first-order valence-corrected chi connectivity index (χ1v) is 8.50. The predicted octanol–water partition coefficient (Wildman–Crippen LogP) is 4.05. The molecule has 1 aromatic carbocycles. The molecule has 0 amide bonds. The average Bonchev–Trinajstić information content (AvgIpc) is 2.45. The lowest BCUT2D eigenvalue weighted by molar-refractivity contribution is 0.108. The Hall–Kier alpha value is -0.860. The number of hydrogen-bond donors (Lipinski definition) is 1. The van der Waals surface area contributed by atoms with Gasteiger partial charge in [-0.2, -0.15) is 0 Å². The fraction of sp³-hybridized carbons (Fsp3) is 0.684. The molecule has 1 heterocycles. The quantitative estimate of drug-likeness (QED) is 0.879. The largest absolute Gasteiger partial charge is 0.313 e. The van der Waals surface area contributed by atoms with E-state index in [1.54, 1.807) is 0 Å². The molecule has 0 aliphatic carbocycles. The lowest BCUT2D eigenvalue weighted by atomic mass is 9.75. The fourth-order valence-electron chi connectivity index (χ4n) is 3.32. The van der Waals surface area contributed by atoms with Crippen LogP contribution in [0.2, 0.25) is 0 Å². The van der Waals surface area contributed by atoms with Gasteiger partial charge in [-0.1, -0.05) is 52.0 Å². The van der Waals surface area contributed by atoms with Crippen LogP contribution >= 0.6 is 0 Å². The van der Waals surface area contributed by atoms with Crippen LogP contribution in [0.4, 0.5) is 0 Å². The van der Waals surface area contributed by atoms with Crippen molar-refractivity contribution in [1.29, 1.82) is 0 Å². The number of nitrogens with zero attached hydrogens (tertiary/aromatic N) is 1. The molecule has 2 heteroatoms. The third-order valence-electron chi connectivity index (χ3n) is 4.79. The number of rotatable bonds is 5. The zero-order valence-corrected chi connectivity index (χ0v) is 14.3. The molecule has 0 aromatic heterocycles. The van der Waals surface area contributed by atoms with Gasteiger partial charge >= 0.3 is 0 Å². The van der Waals surface area contributed by atoms with E-state index < -0.39 is 0 Å². The molecule has 1 aliphatic rings. The summed E-state index contributed by atoms with van der Waals surface area (Å²) in [7, 11) is 0. The minimum absolute atomic E-state index is 0.470. The molecule has 2 nitrogen and oxygen atoms in total. The van der Waals surface area contributed by atoms with Gasteiger partial charge in [0.15, 0.2) is 0 Å². The first-order chi connectivity index (χ1) is 9.99. The lowest BCUT2D eigenvalue weighted by Gasteiger charge is -2.38. The normalized spacial score (nSPS) is 18.1. The van der Waals surface area contributed by atoms with Crippen LogP contribution in [0.5, 0.6) is 0 Å². The molecular formula is C19H32N2. The number of piperidine rings is 1. The van der Waals surface area contributed by atoms with Crippen molar-refractivity contribution in [2.75, 3.05) is 19.6 Å². The SMILES string of the molecule is CCNCc1cccc(CN2CCC(C(C)(C)C)CC2)c1. The lowest BCUT2D eigenvalue weighted by Crippen LogP contribution is -2.37. The summed E-state index contributed by atoms with van der Waals surface area (Å²) in [5.74, 6) is 0.883. The maximum absolute atomic E-state index is 3.40.